The Morgan fingerprint density at radius 3 is 2.40 bits per heavy atom. The first-order chi connectivity index (χ1) is 14.2. The number of aliphatic hydroxyl groups is 1. The van der Waals surface area contributed by atoms with Crippen LogP contribution in [0.25, 0.3) is 0 Å². The summed E-state index contributed by atoms with van der Waals surface area (Å²) in [6.07, 6.45) is -0.430. The Kier molecular flexibility index (Phi) is 6.59. The van der Waals surface area contributed by atoms with E-state index in [1.807, 2.05) is 0 Å². The highest BCUT2D eigenvalue weighted by molar-refractivity contribution is 6.02. The highest BCUT2D eigenvalue weighted by atomic mass is 19.4. The van der Waals surface area contributed by atoms with Crippen LogP contribution in [0.1, 0.15) is 55.3 Å². The lowest BCUT2D eigenvalue weighted by molar-refractivity contribution is -0.266. The van der Waals surface area contributed by atoms with Crippen LogP contribution in [0, 0.1) is 0 Å². The number of benzene rings is 1. The average molecular weight is 426 g/mol. The molecule has 1 saturated heterocycles. The molecule has 0 unspecified atom stereocenters. The van der Waals surface area contributed by atoms with Crippen molar-refractivity contribution in [3.05, 3.63) is 17.7 Å². The van der Waals surface area contributed by atoms with Gasteiger partial charge in [-0.25, -0.2) is 0 Å². The molecule has 6 nitrogen and oxygen atoms in total. The molecule has 166 valence electrons. The van der Waals surface area contributed by atoms with Gasteiger partial charge in [-0.1, -0.05) is 19.3 Å². The van der Waals surface area contributed by atoms with Gasteiger partial charge < -0.3 is 20.6 Å². The Balaban J connectivity index is 1.88. The van der Waals surface area contributed by atoms with Crippen LogP contribution >= 0.6 is 0 Å². The van der Waals surface area contributed by atoms with E-state index in [0.29, 0.717) is 22.6 Å². The number of hydrogen-bond acceptors (Lipinski definition) is 5. The van der Waals surface area contributed by atoms with Crippen molar-refractivity contribution in [1.82, 2.24) is 5.32 Å². The predicted octanol–water partition coefficient (Wildman–Crippen LogP) is 4.02. The van der Waals surface area contributed by atoms with Crippen molar-refractivity contribution in [3.63, 3.8) is 0 Å². The molecule has 1 aromatic rings. The van der Waals surface area contributed by atoms with Crippen LogP contribution < -0.4 is 15.5 Å². The van der Waals surface area contributed by atoms with E-state index < -0.39 is 24.6 Å². The third kappa shape index (κ3) is 4.55. The van der Waals surface area contributed by atoms with Gasteiger partial charge in [-0.15, -0.1) is 0 Å². The number of piperidine rings is 1. The summed E-state index contributed by atoms with van der Waals surface area (Å²) in [7, 11) is 1.70. The van der Waals surface area contributed by atoms with Gasteiger partial charge in [0.15, 0.2) is 5.60 Å². The number of aliphatic imine (C=N–C) groups is 1. The lowest BCUT2D eigenvalue weighted by Gasteiger charge is -2.40. The minimum atomic E-state index is -4.67. The molecule has 0 aromatic heterocycles. The molecule has 0 atom stereocenters. The average Bonchev–Trinajstić information content (AvgIpc) is 2.73. The molecule has 0 spiro atoms. The molecular formula is C21H29F3N4O2. The second-order valence-electron chi connectivity index (χ2n) is 8.12. The third-order valence-electron chi connectivity index (χ3n) is 6.20. The summed E-state index contributed by atoms with van der Waals surface area (Å²) in [5, 5.41) is 16.0. The van der Waals surface area contributed by atoms with Gasteiger partial charge in [-0.2, -0.15) is 13.2 Å². The molecule has 0 radical (unpaired) electrons. The van der Waals surface area contributed by atoms with Gasteiger partial charge in [0, 0.05) is 39.0 Å². The first-order valence-corrected chi connectivity index (χ1v) is 10.4. The van der Waals surface area contributed by atoms with Crippen LogP contribution in [-0.4, -0.2) is 55.7 Å². The maximum Gasteiger partial charge on any atom is 0.417 e. The van der Waals surface area contributed by atoms with Crippen LogP contribution in [0.3, 0.4) is 0 Å². The van der Waals surface area contributed by atoms with Gasteiger partial charge >= 0.3 is 6.18 Å². The molecule has 2 aliphatic rings. The normalized spacial score (nSPS) is 20.0. The van der Waals surface area contributed by atoms with Crippen LogP contribution in [0.15, 0.2) is 17.1 Å². The zero-order chi connectivity index (χ0) is 21.9. The molecule has 1 amide bonds. The summed E-state index contributed by atoms with van der Waals surface area (Å²) >= 11 is 0. The Bertz CT molecular complexity index is 783. The fourth-order valence-electron chi connectivity index (χ4n) is 4.26. The number of carbonyl (C=O) groups excluding carboxylic acids is 1. The maximum atomic E-state index is 13.2. The number of nitrogens with one attached hydrogen (secondary N) is 2. The molecule has 30 heavy (non-hydrogen) atoms. The Labute approximate surface area is 174 Å². The monoisotopic (exact) mass is 426 g/mol. The molecule has 3 rings (SSSR count). The minimum absolute atomic E-state index is 0.0102. The van der Waals surface area contributed by atoms with Gasteiger partial charge in [-0.3, -0.25) is 9.79 Å². The number of nitrogens with zero attached hydrogens (tertiary/aromatic N) is 2. The molecule has 9 heteroatoms. The van der Waals surface area contributed by atoms with Crippen molar-refractivity contribution in [2.24, 2.45) is 4.99 Å². The van der Waals surface area contributed by atoms with Gasteiger partial charge in [0.05, 0.1) is 22.6 Å². The van der Waals surface area contributed by atoms with E-state index in [1.165, 1.54) is 0 Å². The third-order valence-corrected chi connectivity index (χ3v) is 6.20. The predicted molar refractivity (Wildman–Crippen MR) is 112 cm³/mol. The van der Waals surface area contributed by atoms with E-state index in [9.17, 15) is 23.1 Å². The summed E-state index contributed by atoms with van der Waals surface area (Å²) < 4.78 is 39.5. The maximum absolute atomic E-state index is 13.2. The first kappa shape index (κ1) is 22.4. The van der Waals surface area contributed by atoms with Crippen molar-refractivity contribution < 1.29 is 23.1 Å². The number of amides is 1. The van der Waals surface area contributed by atoms with Crippen molar-refractivity contribution in [2.45, 2.75) is 62.8 Å². The topological polar surface area (TPSA) is 77.0 Å². The molecular weight excluding hydrogens is 397 g/mol. The van der Waals surface area contributed by atoms with E-state index in [4.69, 9.17) is 0 Å². The van der Waals surface area contributed by atoms with E-state index in [2.05, 4.69) is 22.3 Å². The number of alkyl halides is 3. The largest absolute Gasteiger partial charge is 0.417 e. The quantitative estimate of drug-likeness (QED) is 0.622. The van der Waals surface area contributed by atoms with E-state index in [0.717, 1.165) is 32.1 Å². The molecule has 3 N–H and O–H groups in total. The summed E-state index contributed by atoms with van der Waals surface area (Å²) in [5.41, 5.74) is -0.670. The number of hydrogen-bond donors (Lipinski definition) is 3. The molecule has 1 aromatic carbocycles. The Morgan fingerprint density at radius 2 is 1.87 bits per heavy atom. The molecule has 2 fully saturated rings. The number of carbonyl (C=O) groups is 1. The standard InChI is InChI=1S/C21H29F3N4O2/c1-25-16-12-15(19(29)27-14-6-4-3-5-7-14)18(13-17(16)26-2)28-10-8-20(30,9-11-28)21(22,23)24/h12-14,26,30H,1,3-11H2,2H3,(H,27,29). The summed E-state index contributed by atoms with van der Waals surface area (Å²) in [4.78, 5) is 18.8. The van der Waals surface area contributed by atoms with Gasteiger partial charge in [0.2, 0.25) is 0 Å². The smallest absolute Gasteiger partial charge is 0.386 e. The number of rotatable bonds is 5. The number of anilines is 2. The van der Waals surface area contributed by atoms with Crippen molar-refractivity contribution >= 4 is 29.7 Å². The Hall–Kier alpha value is -2.29. The fourth-order valence-corrected chi connectivity index (χ4v) is 4.26. The van der Waals surface area contributed by atoms with Gasteiger partial charge in [0.25, 0.3) is 5.91 Å². The highest BCUT2D eigenvalue weighted by Crippen LogP contribution is 2.41. The van der Waals surface area contributed by atoms with Crippen LogP contribution in [0.5, 0.6) is 0 Å². The van der Waals surface area contributed by atoms with Crippen molar-refractivity contribution in [2.75, 3.05) is 30.4 Å². The molecule has 0 bridgehead atoms. The van der Waals surface area contributed by atoms with E-state index in [-0.39, 0.29) is 25.0 Å². The van der Waals surface area contributed by atoms with Gasteiger partial charge in [0.1, 0.15) is 0 Å². The van der Waals surface area contributed by atoms with Crippen LogP contribution in [0.4, 0.5) is 30.2 Å². The summed E-state index contributed by atoms with van der Waals surface area (Å²) in [6, 6.07) is 3.44. The van der Waals surface area contributed by atoms with Gasteiger partial charge in [-0.05, 0) is 31.7 Å². The molecule has 1 aliphatic heterocycles. The van der Waals surface area contributed by atoms with Crippen LogP contribution in [-0.2, 0) is 0 Å². The minimum Gasteiger partial charge on any atom is -0.386 e. The van der Waals surface area contributed by atoms with Crippen molar-refractivity contribution in [1.29, 1.82) is 0 Å². The first-order valence-electron chi connectivity index (χ1n) is 10.4. The van der Waals surface area contributed by atoms with Crippen LogP contribution in [0.2, 0.25) is 0 Å². The molecule has 1 heterocycles. The zero-order valence-electron chi connectivity index (χ0n) is 17.2. The lowest BCUT2D eigenvalue weighted by Crippen LogP contribution is -2.53. The fraction of sp³-hybridized carbons (Fsp3) is 0.619. The summed E-state index contributed by atoms with van der Waals surface area (Å²) in [5.74, 6) is -0.263. The SMILES string of the molecule is C=Nc1cc(C(=O)NC2CCCCC2)c(N2CCC(O)(C(F)(F)F)CC2)cc1NC. The molecule has 1 saturated carbocycles. The second kappa shape index (κ2) is 8.83. The highest BCUT2D eigenvalue weighted by Gasteiger charge is 2.54. The second-order valence-corrected chi connectivity index (χ2v) is 8.12. The lowest BCUT2D eigenvalue weighted by atomic mass is 9.90. The van der Waals surface area contributed by atoms with E-state index in [1.54, 1.807) is 24.1 Å². The summed E-state index contributed by atoms with van der Waals surface area (Å²) in [6.45, 7) is 3.53. The zero-order valence-corrected chi connectivity index (χ0v) is 17.2. The van der Waals surface area contributed by atoms with E-state index >= 15 is 0 Å². The molecule has 1 aliphatic carbocycles. The number of halogens is 3. The Morgan fingerprint density at radius 1 is 1.23 bits per heavy atom. The van der Waals surface area contributed by atoms with Crippen molar-refractivity contribution in [3.8, 4) is 0 Å².